The highest BCUT2D eigenvalue weighted by atomic mass is 32.1. The molecule has 0 unspecified atom stereocenters. The van der Waals surface area contributed by atoms with Gasteiger partial charge in [-0.2, -0.15) is 5.10 Å². The lowest BCUT2D eigenvalue weighted by molar-refractivity contribution is 0.0700. The van der Waals surface area contributed by atoms with Crippen LogP contribution in [0.25, 0.3) is 11.3 Å². The largest absolute Gasteiger partial charge is 0.477 e. The molecule has 0 amide bonds. The van der Waals surface area contributed by atoms with Crippen molar-refractivity contribution in [3.05, 3.63) is 51.5 Å². The van der Waals surface area contributed by atoms with E-state index in [0.29, 0.717) is 27.7 Å². The number of aryl methyl sites for hydroxylation is 3. The fourth-order valence-corrected chi connectivity index (χ4v) is 4.67. The second-order valence-electron chi connectivity index (χ2n) is 6.65. The van der Waals surface area contributed by atoms with Crippen molar-refractivity contribution in [3.63, 3.8) is 0 Å². The van der Waals surface area contributed by atoms with Gasteiger partial charge in [-0.1, -0.05) is 11.3 Å². The molecule has 2 heterocycles. The van der Waals surface area contributed by atoms with Gasteiger partial charge in [0, 0.05) is 12.6 Å². The number of hydrogen-bond donors (Lipinski definition) is 1. The molecule has 0 spiro atoms. The first-order valence-corrected chi connectivity index (χ1v) is 9.38. The van der Waals surface area contributed by atoms with Crippen LogP contribution >= 0.6 is 11.3 Å². The van der Waals surface area contributed by atoms with E-state index >= 15 is 0 Å². The lowest BCUT2D eigenvalue weighted by Gasteiger charge is -2.16. The molecule has 1 aliphatic carbocycles. The monoisotopic (exact) mass is 382 g/mol. The molecule has 4 rings (SSSR count). The minimum Gasteiger partial charge on any atom is -0.477 e. The summed E-state index contributed by atoms with van der Waals surface area (Å²) in [6, 6.07) is 5.28. The number of ketones is 1. The Kier molecular flexibility index (Phi) is 4.11. The number of carboxylic acid groups (broad SMARTS) is 1. The summed E-state index contributed by atoms with van der Waals surface area (Å²) in [5.74, 6) is -0.368. The molecule has 0 aliphatic heterocycles. The molecule has 27 heavy (non-hydrogen) atoms. The standard InChI is InChI=1S/C20H18N2O4S/c1-10-8-13(5-7-14(10)11(2)23)26-20-16-15(18(27-20)19(24)25)6-4-12-9-21-22(3)17(12)16/h5,7-9H,4,6H2,1-3H3,(H,24,25). The van der Waals surface area contributed by atoms with Gasteiger partial charge in [0.25, 0.3) is 0 Å². The van der Waals surface area contributed by atoms with Gasteiger partial charge in [0.2, 0.25) is 0 Å². The number of ether oxygens (including phenoxy) is 1. The highest BCUT2D eigenvalue weighted by Crippen LogP contribution is 2.48. The number of rotatable bonds is 4. The zero-order valence-electron chi connectivity index (χ0n) is 15.2. The van der Waals surface area contributed by atoms with Crippen molar-refractivity contribution in [2.45, 2.75) is 26.7 Å². The maximum absolute atomic E-state index is 11.7. The van der Waals surface area contributed by atoms with Crippen LogP contribution in [0.2, 0.25) is 0 Å². The smallest absolute Gasteiger partial charge is 0.346 e. The molecule has 0 fully saturated rings. The summed E-state index contributed by atoms with van der Waals surface area (Å²) in [4.78, 5) is 23.7. The molecular formula is C20H18N2O4S. The van der Waals surface area contributed by atoms with Crippen molar-refractivity contribution in [1.29, 1.82) is 0 Å². The molecular weight excluding hydrogens is 364 g/mol. The third-order valence-corrected chi connectivity index (χ3v) is 5.95. The number of benzene rings is 1. The Bertz CT molecular complexity index is 1090. The van der Waals surface area contributed by atoms with Crippen LogP contribution in [0.15, 0.2) is 24.4 Å². The zero-order chi connectivity index (χ0) is 19.3. The molecule has 1 aliphatic rings. The van der Waals surface area contributed by atoms with E-state index in [1.165, 1.54) is 6.92 Å². The maximum atomic E-state index is 11.7. The summed E-state index contributed by atoms with van der Waals surface area (Å²) < 4.78 is 7.87. The minimum atomic E-state index is -0.945. The van der Waals surface area contributed by atoms with Crippen LogP contribution in [0.5, 0.6) is 10.8 Å². The van der Waals surface area contributed by atoms with Crippen molar-refractivity contribution >= 4 is 23.1 Å². The van der Waals surface area contributed by atoms with E-state index < -0.39 is 5.97 Å². The highest BCUT2D eigenvalue weighted by Gasteiger charge is 2.31. The normalized spacial score (nSPS) is 12.4. The van der Waals surface area contributed by atoms with E-state index in [1.807, 2.05) is 20.2 Å². The van der Waals surface area contributed by atoms with Crippen LogP contribution < -0.4 is 4.74 Å². The second-order valence-corrected chi connectivity index (χ2v) is 7.64. The van der Waals surface area contributed by atoms with Crippen LogP contribution in [-0.4, -0.2) is 26.6 Å². The molecule has 138 valence electrons. The van der Waals surface area contributed by atoms with Crippen LogP contribution in [0, 0.1) is 6.92 Å². The Morgan fingerprint density at radius 3 is 2.74 bits per heavy atom. The zero-order valence-corrected chi connectivity index (χ0v) is 16.0. The third kappa shape index (κ3) is 2.84. The quantitative estimate of drug-likeness (QED) is 0.682. The predicted octanol–water partition coefficient (Wildman–Crippen LogP) is 4.25. The van der Waals surface area contributed by atoms with Gasteiger partial charge in [-0.15, -0.1) is 0 Å². The summed E-state index contributed by atoms with van der Waals surface area (Å²) in [6.45, 7) is 3.39. The Balaban J connectivity index is 1.83. The van der Waals surface area contributed by atoms with Crippen molar-refractivity contribution in [2.75, 3.05) is 0 Å². The summed E-state index contributed by atoms with van der Waals surface area (Å²) in [5, 5.41) is 14.5. The number of carbonyl (C=O) groups excluding carboxylic acids is 1. The SMILES string of the molecule is CC(=O)c1ccc(Oc2sc(C(=O)O)c3c2-c2c(cnn2C)CC3)cc1C. The van der Waals surface area contributed by atoms with Gasteiger partial charge >= 0.3 is 5.97 Å². The van der Waals surface area contributed by atoms with Gasteiger partial charge in [0.1, 0.15) is 10.6 Å². The Morgan fingerprint density at radius 2 is 2.07 bits per heavy atom. The van der Waals surface area contributed by atoms with Crippen LogP contribution in [-0.2, 0) is 19.9 Å². The number of fused-ring (bicyclic) bond motifs is 3. The van der Waals surface area contributed by atoms with E-state index in [0.717, 1.165) is 45.7 Å². The molecule has 0 radical (unpaired) electrons. The lowest BCUT2D eigenvalue weighted by atomic mass is 9.91. The first-order valence-electron chi connectivity index (χ1n) is 8.56. The summed E-state index contributed by atoms with van der Waals surface area (Å²) in [6.07, 6.45) is 3.24. The van der Waals surface area contributed by atoms with E-state index in [2.05, 4.69) is 5.10 Å². The first-order chi connectivity index (χ1) is 12.9. The number of nitrogens with zero attached hydrogens (tertiary/aromatic N) is 2. The van der Waals surface area contributed by atoms with E-state index in [1.54, 1.807) is 22.9 Å². The number of carbonyl (C=O) groups is 2. The fraction of sp³-hybridized carbons (Fsp3) is 0.250. The molecule has 2 aromatic heterocycles. The number of carboxylic acids is 1. The number of aromatic carboxylic acids is 1. The summed E-state index contributed by atoms with van der Waals surface area (Å²) in [7, 11) is 1.85. The number of aromatic nitrogens is 2. The van der Waals surface area contributed by atoms with Crippen molar-refractivity contribution in [2.24, 2.45) is 7.05 Å². The highest BCUT2D eigenvalue weighted by molar-refractivity contribution is 7.16. The predicted molar refractivity (Wildman–Crippen MR) is 102 cm³/mol. The first kappa shape index (κ1) is 17.5. The Hall–Kier alpha value is -2.93. The lowest BCUT2D eigenvalue weighted by Crippen LogP contribution is -2.08. The number of hydrogen-bond acceptors (Lipinski definition) is 5. The van der Waals surface area contributed by atoms with Gasteiger partial charge in [-0.05, 0) is 61.6 Å². The number of thiophene rings is 1. The topological polar surface area (TPSA) is 81.4 Å². The average molecular weight is 382 g/mol. The molecule has 0 bridgehead atoms. The molecule has 1 N–H and O–H groups in total. The van der Waals surface area contributed by atoms with Crippen LogP contribution in [0.1, 0.15) is 43.6 Å². The molecule has 1 aromatic carbocycles. The van der Waals surface area contributed by atoms with Gasteiger partial charge in [0.05, 0.1) is 17.5 Å². The summed E-state index contributed by atoms with van der Waals surface area (Å²) in [5.41, 5.74) is 5.09. The molecule has 6 nitrogen and oxygen atoms in total. The third-order valence-electron chi connectivity index (χ3n) is 4.85. The van der Waals surface area contributed by atoms with Gasteiger partial charge < -0.3 is 9.84 Å². The number of Topliss-reactive ketones (excluding diaryl/α,β-unsaturated/α-hetero) is 1. The van der Waals surface area contributed by atoms with Crippen molar-refractivity contribution in [3.8, 4) is 22.1 Å². The second kappa shape index (κ2) is 6.35. The molecule has 7 heteroatoms. The minimum absolute atomic E-state index is 0.000225. The van der Waals surface area contributed by atoms with E-state index in [-0.39, 0.29) is 5.78 Å². The molecule has 0 saturated heterocycles. The Morgan fingerprint density at radius 1 is 1.30 bits per heavy atom. The van der Waals surface area contributed by atoms with Crippen molar-refractivity contribution in [1.82, 2.24) is 9.78 Å². The van der Waals surface area contributed by atoms with E-state index in [9.17, 15) is 14.7 Å². The van der Waals surface area contributed by atoms with Crippen LogP contribution in [0.4, 0.5) is 0 Å². The van der Waals surface area contributed by atoms with Gasteiger partial charge in [-0.3, -0.25) is 9.48 Å². The van der Waals surface area contributed by atoms with Gasteiger partial charge in [0.15, 0.2) is 10.8 Å². The van der Waals surface area contributed by atoms with Crippen molar-refractivity contribution < 1.29 is 19.4 Å². The molecule has 0 saturated carbocycles. The van der Waals surface area contributed by atoms with E-state index in [4.69, 9.17) is 4.74 Å². The summed E-state index contributed by atoms with van der Waals surface area (Å²) >= 11 is 1.14. The molecule has 3 aromatic rings. The van der Waals surface area contributed by atoms with Gasteiger partial charge in [-0.25, -0.2) is 4.79 Å². The average Bonchev–Trinajstić information content (AvgIpc) is 3.16. The Labute approximate surface area is 160 Å². The van der Waals surface area contributed by atoms with Crippen LogP contribution in [0.3, 0.4) is 0 Å². The maximum Gasteiger partial charge on any atom is 0.346 e. The molecule has 0 atom stereocenters. The fourth-order valence-electron chi connectivity index (χ4n) is 3.61.